The van der Waals surface area contributed by atoms with Gasteiger partial charge in [-0.05, 0) is 56.1 Å². The molecule has 0 radical (unpaired) electrons. The van der Waals surface area contributed by atoms with Gasteiger partial charge in [0.1, 0.15) is 5.75 Å². The Bertz CT molecular complexity index is 957. The summed E-state index contributed by atoms with van der Waals surface area (Å²) in [5.41, 5.74) is -0.851. The van der Waals surface area contributed by atoms with Crippen LogP contribution in [0.25, 0.3) is 0 Å². The molecule has 166 valence electrons. The van der Waals surface area contributed by atoms with Gasteiger partial charge in [-0.3, -0.25) is 0 Å². The molecular weight excluding hydrogens is 438 g/mol. The molecule has 1 atom stereocenters. The molecule has 1 unspecified atom stereocenters. The van der Waals surface area contributed by atoms with Crippen LogP contribution in [0.3, 0.4) is 0 Å². The smallest absolute Gasteiger partial charge is 0.406 e. The molecular formula is C18H18F6N2O3S. The maximum atomic E-state index is 13.0. The largest absolute Gasteiger partial charge is 0.573 e. The van der Waals surface area contributed by atoms with Crippen molar-refractivity contribution in [2.24, 2.45) is 0 Å². The fourth-order valence-corrected chi connectivity index (χ4v) is 3.80. The first-order chi connectivity index (χ1) is 13.7. The van der Waals surface area contributed by atoms with Gasteiger partial charge in [0.15, 0.2) is 0 Å². The normalized spacial score (nSPS) is 14.0. The van der Waals surface area contributed by atoms with Crippen molar-refractivity contribution in [3.8, 4) is 5.75 Å². The Morgan fingerprint density at radius 3 is 2.10 bits per heavy atom. The van der Waals surface area contributed by atoms with Crippen LogP contribution in [0.4, 0.5) is 26.3 Å². The van der Waals surface area contributed by atoms with Crippen LogP contribution in [-0.4, -0.2) is 40.3 Å². The topological polar surface area (TPSA) is 58.6 Å². The van der Waals surface area contributed by atoms with E-state index >= 15 is 0 Å². The number of nitrogens with zero attached hydrogens (tertiary/aromatic N) is 1. The van der Waals surface area contributed by atoms with E-state index in [9.17, 15) is 34.8 Å². The monoisotopic (exact) mass is 456 g/mol. The Morgan fingerprint density at radius 2 is 1.60 bits per heavy atom. The molecule has 0 bridgehead atoms. The van der Waals surface area contributed by atoms with E-state index in [4.69, 9.17) is 0 Å². The van der Waals surface area contributed by atoms with E-state index in [1.807, 2.05) is 0 Å². The average Bonchev–Trinajstić information content (AvgIpc) is 2.59. The molecule has 0 aliphatic rings. The van der Waals surface area contributed by atoms with Gasteiger partial charge in [-0.15, -0.1) is 13.2 Å². The molecule has 0 aliphatic carbocycles. The number of nitrogens with one attached hydrogen (secondary N) is 1. The second-order valence-corrected chi connectivity index (χ2v) is 8.29. The molecule has 2 aromatic carbocycles. The van der Waals surface area contributed by atoms with Crippen LogP contribution in [0.5, 0.6) is 5.75 Å². The molecule has 0 fully saturated rings. The Hall–Kier alpha value is -2.31. The summed E-state index contributed by atoms with van der Waals surface area (Å²) in [6.07, 6.45) is -9.54. The van der Waals surface area contributed by atoms with Crippen LogP contribution in [-0.2, 0) is 16.2 Å². The highest BCUT2D eigenvalue weighted by atomic mass is 32.2. The number of hydrogen-bond acceptors (Lipinski definition) is 4. The van der Waals surface area contributed by atoms with Crippen LogP contribution < -0.4 is 9.46 Å². The number of alkyl halides is 6. The number of ether oxygens (including phenoxy) is 1. The van der Waals surface area contributed by atoms with Crippen LogP contribution in [0, 0.1) is 0 Å². The lowest BCUT2D eigenvalue weighted by Crippen LogP contribution is -2.35. The van der Waals surface area contributed by atoms with Crippen molar-refractivity contribution in [2.45, 2.75) is 23.5 Å². The molecule has 5 nitrogen and oxygen atoms in total. The van der Waals surface area contributed by atoms with Gasteiger partial charge >= 0.3 is 12.5 Å². The molecule has 0 aliphatic heterocycles. The second kappa shape index (κ2) is 8.82. The quantitative estimate of drug-likeness (QED) is 0.635. The zero-order valence-electron chi connectivity index (χ0n) is 15.8. The van der Waals surface area contributed by atoms with Gasteiger partial charge in [0.2, 0.25) is 10.0 Å². The molecule has 2 aromatic rings. The van der Waals surface area contributed by atoms with Crippen molar-refractivity contribution in [1.29, 1.82) is 0 Å². The third kappa shape index (κ3) is 6.89. The van der Waals surface area contributed by atoms with Crippen molar-refractivity contribution in [3.63, 3.8) is 0 Å². The number of halogens is 6. The highest BCUT2D eigenvalue weighted by molar-refractivity contribution is 7.89. The van der Waals surface area contributed by atoms with E-state index < -0.39 is 39.9 Å². The van der Waals surface area contributed by atoms with Gasteiger partial charge in [-0.2, -0.15) is 13.2 Å². The fraction of sp³-hybridized carbons (Fsp3) is 0.333. The fourth-order valence-electron chi connectivity index (χ4n) is 2.58. The Morgan fingerprint density at radius 1 is 1.00 bits per heavy atom. The van der Waals surface area contributed by atoms with Crippen molar-refractivity contribution >= 4 is 10.0 Å². The third-order valence-electron chi connectivity index (χ3n) is 3.83. The number of sulfonamides is 1. The molecule has 0 aromatic heterocycles. The lowest BCUT2D eigenvalue weighted by Gasteiger charge is -2.23. The highest BCUT2D eigenvalue weighted by Gasteiger charge is 2.32. The third-order valence-corrected chi connectivity index (χ3v) is 5.32. The zero-order valence-corrected chi connectivity index (χ0v) is 16.6. The zero-order chi connectivity index (χ0) is 22.7. The molecule has 0 saturated heterocycles. The predicted octanol–water partition coefficient (Wildman–Crippen LogP) is 4.19. The van der Waals surface area contributed by atoms with Gasteiger partial charge in [-0.1, -0.05) is 12.1 Å². The summed E-state index contributed by atoms with van der Waals surface area (Å²) < 4.78 is 107. The van der Waals surface area contributed by atoms with Crippen molar-refractivity contribution in [3.05, 3.63) is 59.7 Å². The van der Waals surface area contributed by atoms with Crippen LogP contribution in [0.15, 0.2) is 53.4 Å². The summed E-state index contributed by atoms with van der Waals surface area (Å²) >= 11 is 0. The maximum Gasteiger partial charge on any atom is 0.573 e. The standard InChI is InChI=1S/C18H18F6N2O3S/c1-26(2)11-16(12-4-3-5-13(10-12)17(19,20)21)25-30(27,28)15-8-6-14(7-9-15)29-18(22,23)24/h3-10,16,25H,11H2,1-2H3. The summed E-state index contributed by atoms with van der Waals surface area (Å²) in [6.45, 7) is 0.0375. The Balaban J connectivity index is 2.32. The first-order valence-corrected chi connectivity index (χ1v) is 9.86. The minimum Gasteiger partial charge on any atom is -0.406 e. The van der Waals surface area contributed by atoms with Gasteiger partial charge in [0.05, 0.1) is 16.5 Å². The van der Waals surface area contributed by atoms with Gasteiger partial charge < -0.3 is 9.64 Å². The van der Waals surface area contributed by atoms with Crippen LogP contribution in [0.2, 0.25) is 0 Å². The first-order valence-electron chi connectivity index (χ1n) is 8.37. The van der Waals surface area contributed by atoms with E-state index in [-0.39, 0.29) is 17.0 Å². The van der Waals surface area contributed by atoms with E-state index in [2.05, 4.69) is 9.46 Å². The predicted molar refractivity (Wildman–Crippen MR) is 96.2 cm³/mol. The molecule has 0 heterocycles. The molecule has 30 heavy (non-hydrogen) atoms. The number of hydrogen-bond donors (Lipinski definition) is 1. The molecule has 1 N–H and O–H groups in total. The van der Waals surface area contributed by atoms with Crippen molar-refractivity contribution in [2.75, 3.05) is 20.6 Å². The molecule has 0 saturated carbocycles. The summed E-state index contributed by atoms with van der Waals surface area (Å²) in [5, 5.41) is 0. The van der Waals surface area contributed by atoms with Crippen LogP contribution in [0.1, 0.15) is 17.2 Å². The summed E-state index contributed by atoms with van der Waals surface area (Å²) in [5.74, 6) is -0.607. The Kier molecular flexibility index (Phi) is 7.05. The Labute approximate surface area is 169 Å². The van der Waals surface area contributed by atoms with Gasteiger partial charge in [0, 0.05) is 6.54 Å². The van der Waals surface area contributed by atoms with Crippen molar-refractivity contribution < 1.29 is 39.5 Å². The number of benzene rings is 2. The van der Waals surface area contributed by atoms with E-state index in [0.717, 1.165) is 36.4 Å². The van der Waals surface area contributed by atoms with Gasteiger partial charge in [0.25, 0.3) is 0 Å². The highest BCUT2D eigenvalue weighted by Crippen LogP contribution is 2.31. The minimum atomic E-state index is -4.93. The number of likely N-dealkylation sites (N-methyl/N-ethyl adjacent to an activating group) is 1. The minimum absolute atomic E-state index is 0.0375. The molecule has 2 rings (SSSR count). The summed E-state index contributed by atoms with van der Waals surface area (Å²) in [6, 6.07) is 6.65. The summed E-state index contributed by atoms with van der Waals surface area (Å²) in [4.78, 5) is 1.21. The SMILES string of the molecule is CN(C)CC(NS(=O)(=O)c1ccc(OC(F)(F)F)cc1)c1cccc(C(F)(F)F)c1. The van der Waals surface area contributed by atoms with E-state index in [0.29, 0.717) is 0 Å². The van der Waals surface area contributed by atoms with E-state index in [1.54, 1.807) is 19.0 Å². The first kappa shape index (κ1) is 24.0. The second-order valence-electron chi connectivity index (χ2n) is 6.58. The molecule has 12 heteroatoms. The maximum absolute atomic E-state index is 13.0. The van der Waals surface area contributed by atoms with E-state index in [1.165, 1.54) is 12.1 Å². The van der Waals surface area contributed by atoms with Crippen LogP contribution >= 0.6 is 0 Å². The average molecular weight is 456 g/mol. The molecule has 0 amide bonds. The molecule has 0 spiro atoms. The lowest BCUT2D eigenvalue weighted by molar-refractivity contribution is -0.274. The van der Waals surface area contributed by atoms with Gasteiger partial charge in [-0.25, -0.2) is 13.1 Å². The summed E-state index contributed by atoms with van der Waals surface area (Å²) in [7, 11) is -1.04. The number of rotatable bonds is 7. The lowest BCUT2D eigenvalue weighted by atomic mass is 10.0. The van der Waals surface area contributed by atoms with Crippen molar-refractivity contribution in [1.82, 2.24) is 9.62 Å².